The van der Waals surface area contributed by atoms with Crippen molar-refractivity contribution in [2.75, 3.05) is 13.1 Å². The molecule has 1 saturated carbocycles. The second-order valence-electron chi connectivity index (χ2n) is 11.5. The molecule has 1 aliphatic rings. The van der Waals surface area contributed by atoms with Crippen LogP contribution in [-0.4, -0.2) is 41.7 Å². The van der Waals surface area contributed by atoms with Gasteiger partial charge in [-0.1, -0.05) is 36.4 Å². The van der Waals surface area contributed by atoms with Crippen molar-refractivity contribution in [3.05, 3.63) is 65.7 Å². The van der Waals surface area contributed by atoms with Gasteiger partial charge in [0.2, 0.25) is 0 Å². The van der Waals surface area contributed by atoms with Crippen LogP contribution in [0.25, 0.3) is 22.2 Å². The number of ether oxygens (including phenoxy) is 1. The first-order valence-corrected chi connectivity index (χ1v) is 13.8. The molecule has 0 aliphatic heterocycles. The number of urea groups is 1. The van der Waals surface area contributed by atoms with Crippen LogP contribution in [-0.2, 0) is 11.3 Å². The van der Waals surface area contributed by atoms with Crippen molar-refractivity contribution < 1.29 is 19.1 Å². The van der Waals surface area contributed by atoms with Crippen molar-refractivity contribution in [3.63, 3.8) is 0 Å². The molecule has 2 aromatic carbocycles. The first-order valence-electron chi connectivity index (χ1n) is 13.8. The molecule has 1 aliphatic carbocycles. The summed E-state index contributed by atoms with van der Waals surface area (Å²) in [6.45, 7) is 7.08. The molecule has 4 rings (SSSR count). The van der Waals surface area contributed by atoms with E-state index in [-0.39, 0.29) is 12.0 Å². The monoisotopic (exact) mass is 545 g/mol. The maximum Gasteiger partial charge on any atom is 0.407 e. The summed E-state index contributed by atoms with van der Waals surface area (Å²) in [5.41, 5.74) is 8.44. The van der Waals surface area contributed by atoms with E-state index in [1.165, 1.54) is 0 Å². The number of hydrogen-bond donors (Lipinski definition) is 4. The van der Waals surface area contributed by atoms with Crippen LogP contribution in [0, 0.1) is 11.8 Å². The highest BCUT2D eigenvalue weighted by atomic mass is 16.6. The number of primary amides is 1. The Balaban J connectivity index is 1.38. The van der Waals surface area contributed by atoms with Crippen molar-refractivity contribution in [2.24, 2.45) is 17.6 Å². The lowest BCUT2D eigenvalue weighted by molar-refractivity contribution is 0.0512. The highest BCUT2D eigenvalue weighted by Crippen LogP contribution is 2.29. The quantitative estimate of drug-likeness (QED) is 0.311. The Morgan fingerprint density at radius 1 is 0.900 bits per heavy atom. The first kappa shape index (κ1) is 28.9. The molecule has 9 nitrogen and oxygen atoms in total. The van der Waals surface area contributed by atoms with Gasteiger partial charge in [0.05, 0.1) is 16.8 Å². The normalized spacial score (nSPS) is 17.2. The van der Waals surface area contributed by atoms with Gasteiger partial charge in [-0.15, -0.1) is 0 Å². The molecule has 0 radical (unpaired) electrons. The number of benzene rings is 2. The molecule has 1 heterocycles. The van der Waals surface area contributed by atoms with Gasteiger partial charge in [-0.2, -0.15) is 0 Å². The third-order valence-corrected chi connectivity index (χ3v) is 7.10. The van der Waals surface area contributed by atoms with Crippen LogP contribution in [0.15, 0.2) is 54.6 Å². The summed E-state index contributed by atoms with van der Waals surface area (Å²) >= 11 is 0. The van der Waals surface area contributed by atoms with Crippen LogP contribution in [0.4, 0.5) is 9.59 Å². The second kappa shape index (κ2) is 12.8. The van der Waals surface area contributed by atoms with E-state index in [0.717, 1.165) is 47.7 Å². The molecule has 0 spiro atoms. The van der Waals surface area contributed by atoms with Gasteiger partial charge in [-0.3, -0.25) is 4.79 Å². The maximum atomic E-state index is 13.4. The van der Waals surface area contributed by atoms with Crippen LogP contribution in [0.3, 0.4) is 0 Å². The van der Waals surface area contributed by atoms with Crippen molar-refractivity contribution >= 4 is 28.9 Å². The number of carbonyl (C=O) groups is 3. The fraction of sp³-hybridized carbons (Fsp3) is 0.419. The minimum absolute atomic E-state index is 0.125. The molecule has 5 N–H and O–H groups in total. The molecule has 0 saturated heterocycles. The highest BCUT2D eigenvalue weighted by Gasteiger charge is 2.24. The standard InChI is InChI=1S/C31H39N5O4/c1-31(2,3)40-30(39)35-18-21-13-11-20(12-14-21)17-33-28(37)25-16-27(36-26-10-5-4-9-24(25)26)23-8-6-7-22(15-23)19-34-29(32)38/h4-10,15-16,20-21H,11-14,17-19H2,1-3H3,(H,33,37)(H,35,39)(H3,32,34,38)/t20-,21-. The molecule has 1 fully saturated rings. The molecule has 4 amide bonds. The SMILES string of the molecule is CC(C)(C)OC(=O)NC[C@H]1CC[C@H](CNC(=O)c2cc(-c3cccc(CNC(N)=O)c3)nc3ccccc23)CC1. The Morgan fingerprint density at radius 3 is 2.25 bits per heavy atom. The molecule has 0 bridgehead atoms. The third-order valence-electron chi connectivity index (χ3n) is 7.10. The summed E-state index contributed by atoms with van der Waals surface area (Å²) in [6, 6.07) is 16.5. The van der Waals surface area contributed by atoms with E-state index in [9.17, 15) is 14.4 Å². The molecular weight excluding hydrogens is 506 g/mol. The van der Waals surface area contributed by atoms with Crippen LogP contribution in [0.5, 0.6) is 0 Å². The molecule has 212 valence electrons. The van der Waals surface area contributed by atoms with Crippen LogP contribution in [0.1, 0.15) is 62.4 Å². The number of alkyl carbamates (subject to hydrolysis) is 1. The Morgan fingerprint density at radius 2 is 1.57 bits per heavy atom. The summed E-state index contributed by atoms with van der Waals surface area (Å²) in [7, 11) is 0. The molecule has 3 aromatic rings. The molecule has 1 aromatic heterocycles. The summed E-state index contributed by atoms with van der Waals surface area (Å²) in [5, 5.41) is 9.44. The Hall–Kier alpha value is -4.14. The van der Waals surface area contributed by atoms with Gasteiger partial charge in [-0.25, -0.2) is 14.6 Å². The van der Waals surface area contributed by atoms with Gasteiger partial charge in [0.1, 0.15) is 5.60 Å². The minimum Gasteiger partial charge on any atom is -0.444 e. The lowest BCUT2D eigenvalue weighted by Crippen LogP contribution is -2.37. The maximum absolute atomic E-state index is 13.4. The smallest absolute Gasteiger partial charge is 0.407 e. The largest absolute Gasteiger partial charge is 0.444 e. The van der Waals surface area contributed by atoms with Crippen molar-refractivity contribution in [1.82, 2.24) is 20.9 Å². The lowest BCUT2D eigenvalue weighted by atomic mass is 9.82. The average molecular weight is 546 g/mol. The molecular formula is C31H39N5O4. The second-order valence-corrected chi connectivity index (χ2v) is 11.5. The van der Waals surface area contributed by atoms with Gasteiger partial charge in [0.15, 0.2) is 0 Å². The number of nitrogens with two attached hydrogens (primary N) is 1. The van der Waals surface area contributed by atoms with Crippen molar-refractivity contribution in [1.29, 1.82) is 0 Å². The fourth-order valence-corrected chi connectivity index (χ4v) is 5.05. The molecule has 9 heteroatoms. The number of fused-ring (bicyclic) bond motifs is 1. The number of hydrogen-bond acceptors (Lipinski definition) is 5. The molecule has 0 atom stereocenters. The van der Waals surface area contributed by atoms with Gasteiger partial charge in [-0.05, 0) is 82.1 Å². The fourth-order valence-electron chi connectivity index (χ4n) is 5.05. The Kier molecular flexibility index (Phi) is 9.24. The zero-order chi connectivity index (χ0) is 28.7. The molecule has 40 heavy (non-hydrogen) atoms. The van der Waals surface area contributed by atoms with E-state index in [1.54, 1.807) is 0 Å². The Bertz CT molecular complexity index is 1360. The van der Waals surface area contributed by atoms with E-state index in [0.29, 0.717) is 42.7 Å². The van der Waals surface area contributed by atoms with E-state index >= 15 is 0 Å². The zero-order valence-corrected chi connectivity index (χ0v) is 23.5. The Labute approximate surface area is 235 Å². The number of aromatic nitrogens is 1. The van der Waals surface area contributed by atoms with Gasteiger partial charge >= 0.3 is 12.1 Å². The van der Waals surface area contributed by atoms with E-state index in [2.05, 4.69) is 16.0 Å². The lowest BCUT2D eigenvalue weighted by Gasteiger charge is -2.29. The summed E-state index contributed by atoms with van der Waals surface area (Å²) in [6.07, 6.45) is 3.62. The van der Waals surface area contributed by atoms with Gasteiger partial charge < -0.3 is 26.4 Å². The predicted octanol–water partition coefficient (Wildman–Crippen LogP) is 5.13. The van der Waals surface area contributed by atoms with E-state index < -0.39 is 11.6 Å². The van der Waals surface area contributed by atoms with Crippen LogP contribution >= 0.6 is 0 Å². The van der Waals surface area contributed by atoms with E-state index in [1.807, 2.05) is 75.4 Å². The highest BCUT2D eigenvalue weighted by molar-refractivity contribution is 6.07. The number of nitrogens with zero attached hydrogens (tertiary/aromatic N) is 1. The van der Waals surface area contributed by atoms with Crippen molar-refractivity contribution in [3.8, 4) is 11.3 Å². The molecule has 0 unspecified atom stereocenters. The average Bonchev–Trinajstić information content (AvgIpc) is 2.93. The van der Waals surface area contributed by atoms with Crippen LogP contribution < -0.4 is 21.7 Å². The van der Waals surface area contributed by atoms with Crippen molar-refractivity contribution in [2.45, 2.75) is 58.6 Å². The topological polar surface area (TPSA) is 135 Å². The summed E-state index contributed by atoms with van der Waals surface area (Å²) in [4.78, 5) is 41.3. The first-order chi connectivity index (χ1) is 19.1. The zero-order valence-electron chi connectivity index (χ0n) is 23.5. The summed E-state index contributed by atoms with van der Waals surface area (Å²) in [5.74, 6) is 0.684. The minimum atomic E-state index is -0.584. The number of rotatable bonds is 8. The number of para-hydroxylation sites is 1. The number of nitrogens with one attached hydrogen (secondary N) is 3. The number of pyridine rings is 1. The van der Waals surface area contributed by atoms with E-state index in [4.69, 9.17) is 15.5 Å². The number of amides is 4. The number of carbonyl (C=O) groups excluding carboxylic acids is 3. The third kappa shape index (κ3) is 8.18. The summed E-state index contributed by atoms with van der Waals surface area (Å²) < 4.78 is 5.33. The van der Waals surface area contributed by atoms with Gasteiger partial charge in [0.25, 0.3) is 5.91 Å². The van der Waals surface area contributed by atoms with Gasteiger partial charge in [0, 0.05) is 30.6 Å². The predicted molar refractivity (Wildman–Crippen MR) is 156 cm³/mol. The van der Waals surface area contributed by atoms with Crippen LogP contribution in [0.2, 0.25) is 0 Å².